The second-order valence-electron chi connectivity index (χ2n) is 6.79. The maximum atomic E-state index is 12.5. The summed E-state index contributed by atoms with van der Waals surface area (Å²) in [6.07, 6.45) is 2.27. The van der Waals surface area contributed by atoms with E-state index >= 15 is 0 Å². The lowest BCUT2D eigenvalue weighted by atomic mass is 9.95. The van der Waals surface area contributed by atoms with Crippen molar-refractivity contribution in [3.63, 3.8) is 0 Å². The Kier molecular flexibility index (Phi) is 5.90. The predicted molar refractivity (Wildman–Crippen MR) is 96.3 cm³/mol. The van der Waals surface area contributed by atoms with Crippen molar-refractivity contribution in [2.75, 3.05) is 11.9 Å². The molecule has 0 saturated carbocycles. The number of anilines is 1. The first kappa shape index (κ1) is 18.6. The Morgan fingerprint density at radius 2 is 1.92 bits per heavy atom. The van der Waals surface area contributed by atoms with E-state index in [0.29, 0.717) is 24.2 Å². The Labute approximate surface area is 147 Å². The normalized spacial score (nSPS) is 11.2. The van der Waals surface area contributed by atoms with Crippen LogP contribution in [-0.2, 0) is 17.8 Å². The van der Waals surface area contributed by atoms with Gasteiger partial charge >= 0.3 is 0 Å². The van der Waals surface area contributed by atoms with Crippen LogP contribution in [0.25, 0.3) is 0 Å². The van der Waals surface area contributed by atoms with Crippen LogP contribution in [0.1, 0.15) is 43.9 Å². The van der Waals surface area contributed by atoms with Gasteiger partial charge in [-0.15, -0.1) is 10.2 Å². The van der Waals surface area contributed by atoms with Crippen LogP contribution in [0.2, 0.25) is 0 Å². The molecule has 0 aliphatic carbocycles. The molecule has 2 aromatic rings. The van der Waals surface area contributed by atoms with Gasteiger partial charge in [0.25, 0.3) is 5.91 Å². The van der Waals surface area contributed by atoms with Gasteiger partial charge in [0.1, 0.15) is 12.2 Å². The van der Waals surface area contributed by atoms with Crippen molar-refractivity contribution in [3.8, 4) is 0 Å². The molecular formula is C18H25N5O2. The van der Waals surface area contributed by atoms with Crippen LogP contribution in [0.15, 0.2) is 30.6 Å². The molecule has 0 bridgehead atoms. The van der Waals surface area contributed by atoms with Crippen LogP contribution in [0.5, 0.6) is 0 Å². The molecule has 2 amide bonds. The third-order valence-corrected chi connectivity index (χ3v) is 3.77. The molecule has 0 spiro atoms. The van der Waals surface area contributed by atoms with Gasteiger partial charge in [0.2, 0.25) is 5.91 Å². The SMILES string of the molecule is CCn1cnnc1CCNC(=O)c1ccccc1NC(=O)C(C)(C)C. The molecule has 25 heavy (non-hydrogen) atoms. The summed E-state index contributed by atoms with van der Waals surface area (Å²) in [5, 5.41) is 13.6. The molecule has 0 radical (unpaired) electrons. The number of rotatable bonds is 6. The zero-order valence-corrected chi connectivity index (χ0v) is 15.2. The van der Waals surface area contributed by atoms with Crippen molar-refractivity contribution >= 4 is 17.5 Å². The molecule has 1 aromatic heterocycles. The zero-order valence-electron chi connectivity index (χ0n) is 15.2. The molecule has 0 atom stereocenters. The molecule has 2 N–H and O–H groups in total. The number of hydrogen-bond donors (Lipinski definition) is 2. The average Bonchev–Trinajstić information content (AvgIpc) is 3.02. The molecule has 0 fully saturated rings. The number of nitrogens with one attached hydrogen (secondary N) is 2. The molecule has 0 unspecified atom stereocenters. The standard InChI is InChI=1S/C18H25N5O2/c1-5-23-12-20-22-15(23)10-11-19-16(24)13-8-6-7-9-14(13)21-17(25)18(2,3)4/h6-9,12H,5,10-11H2,1-4H3,(H,19,24)(H,21,25). The molecule has 134 valence electrons. The minimum atomic E-state index is -0.534. The van der Waals surface area contributed by atoms with E-state index in [4.69, 9.17) is 0 Å². The average molecular weight is 343 g/mol. The fraction of sp³-hybridized carbons (Fsp3) is 0.444. The molecule has 7 heteroatoms. The fourth-order valence-electron chi connectivity index (χ4n) is 2.22. The highest BCUT2D eigenvalue weighted by Crippen LogP contribution is 2.20. The van der Waals surface area contributed by atoms with Gasteiger partial charge in [-0.3, -0.25) is 9.59 Å². The summed E-state index contributed by atoms with van der Waals surface area (Å²) in [4.78, 5) is 24.7. The monoisotopic (exact) mass is 343 g/mol. The lowest BCUT2D eigenvalue weighted by Gasteiger charge is -2.19. The third-order valence-electron chi connectivity index (χ3n) is 3.77. The van der Waals surface area contributed by atoms with Gasteiger partial charge in [-0.2, -0.15) is 0 Å². The van der Waals surface area contributed by atoms with Crippen molar-refractivity contribution in [2.45, 2.75) is 40.7 Å². The van der Waals surface area contributed by atoms with Crippen LogP contribution in [-0.4, -0.2) is 33.1 Å². The number of hydrogen-bond acceptors (Lipinski definition) is 4. The number of aryl methyl sites for hydroxylation is 1. The maximum absolute atomic E-state index is 12.5. The van der Waals surface area contributed by atoms with Crippen molar-refractivity contribution in [3.05, 3.63) is 42.0 Å². The van der Waals surface area contributed by atoms with Crippen molar-refractivity contribution in [1.29, 1.82) is 0 Å². The first-order valence-corrected chi connectivity index (χ1v) is 8.38. The van der Waals surface area contributed by atoms with Gasteiger partial charge in [0.15, 0.2) is 0 Å². The van der Waals surface area contributed by atoms with Gasteiger partial charge in [0, 0.05) is 24.9 Å². The third kappa shape index (κ3) is 4.89. The van der Waals surface area contributed by atoms with E-state index in [1.165, 1.54) is 0 Å². The van der Waals surface area contributed by atoms with Gasteiger partial charge in [-0.1, -0.05) is 32.9 Å². The molecular weight excluding hydrogens is 318 g/mol. The van der Waals surface area contributed by atoms with Crippen LogP contribution >= 0.6 is 0 Å². The number of carbonyl (C=O) groups is 2. The summed E-state index contributed by atoms with van der Waals surface area (Å²) in [5.74, 6) is 0.466. The molecule has 1 aromatic carbocycles. The summed E-state index contributed by atoms with van der Waals surface area (Å²) in [6, 6.07) is 6.99. The highest BCUT2D eigenvalue weighted by atomic mass is 16.2. The Balaban J connectivity index is 2.01. The summed E-state index contributed by atoms with van der Waals surface area (Å²) >= 11 is 0. The van der Waals surface area contributed by atoms with Crippen molar-refractivity contribution in [2.24, 2.45) is 5.41 Å². The quantitative estimate of drug-likeness (QED) is 0.842. The summed E-state index contributed by atoms with van der Waals surface area (Å²) in [7, 11) is 0. The largest absolute Gasteiger partial charge is 0.352 e. The molecule has 7 nitrogen and oxygen atoms in total. The van der Waals surface area contributed by atoms with Crippen LogP contribution in [0, 0.1) is 5.41 Å². The summed E-state index contributed by atoms with van der Waals surface area (Å²) < 4.78 is 1.93. The van der Waals surface area contributed by atoms with Gasteiger partial charge in [-0.05, 0) is 19.1 Å². The van der Waals surface area contributed by atoms with E-state index in [1.807, 2.05) is 32.3 Å². The highest BCUT2D eigenvalue weighted by Gasteiger charge is 2.23. The second-order valence-corrected chi connectivity index (χ2v) is 6.79. The van der Waals surface area contributed by atoms with Gasteiger partial charge in [-0.25, -0.2) is 0 Å². The lowest BCUT2D eigenvalue weighted by Crippen LogP contribution is -2.31. The Bertz CT molecular complexity index is 746. The fourth-order valence-corrected chi connectivity index (χ4v) is 2.22. The van der Waals surface area contributed by atoms with Crippen molar-refractivity contribution in [1.82, 2.24) is 20.1 Å². The number of para-hydroxylation sites is 1. The Morgan fingerprint density at radius 1 is 1.20 bits per heavy atom. The topological polar surface area (TPSA) is 88.9 Å². The number of benzene rings is 1. The molecule has 0 saturated heterocycles. The van der Waals surface area contributed by atoms with Crippen LogP contribution in [0.4, 0.5) is 5.69 Å². The number of carbonyl (C=O) groups excluding carboxylic acids is 2. The summed E-state index contributed by atoms with van der Waals surface area (Å²) in [6.45, 7) is 8.73. The van der Waals surface area contributed by atoms with E-state index < -0.39 is 5.41 Å². The number of nitrogens with zero attached hydrogens (tertiary/aromatic N) is 3. The van der Waals surface area contributed by atoms with Gasteiger partial charge in [0.05, 0.1) is 11.3 Å². The molecule has 1 heterocycles. The molecule has 0 aliphatic rings. The summed E-state index contributed by atoms with van der Waals surface area (Å²) in [5.41, 5.74) is 0.419. The van der Waals surface area contributed by atoms with E-state index in [2.05, 4.69) is 20.8 Å². The zero-order chi connectivity index (χ0) is 18.4. The number of amides is 2. The lowest BCUT2D eigenvalue weighted by molar-refractivity contribution is -0.123. The highest BCUT2D eigenvalue weighted by molar-refractivity contribution is 6.04. The molecule has 2 rings (SSSR count). The Hall–Kier alpha value is -2.70. The van der Waals surface area contributed by atoms with E-state index in [-0.39, 0.29) is 11.8 Å². The van der Waals surface area contributed by atoms with E-state index in [1.54, 1.807) is 30.6 Å². The van der Waals surface area contributed by atoms with E-state index in [9.17, 15) is 9.59 Å². The van der Waals surface area contributed by atoms with Gasteiger partial charge < -0.3 is 15.2 Å². The Morgan fingerprint density at radius 3 is 2.60 bits per heavy atom. The number of aromatic nitrogens is 3. The minimum absolute atomic E-state index is 0.135. The van der Waals surface area contributed by atoms with Crippen LogP contribution in [0.3, 0.4) is 0 Å². The first-order valence-electron chi connectivity index (χ1n) is 8.38. The minimum Gasteiger partial charge on any atom is -0.352 e. The van der Waals surface area contributed by atoms with E-state index in [0.717, 1.165) is 12.4 Å². The maximum Gasteiger partial charge on any atom is 0.253 e. The smallest absolute Gasteiger partial charge is 0.253 e. The predicted octanol–water partition coefficient (Wildman–Crippen LogP) is 2.26. The van der Waals surface area contributed by atoms with Crippen LogP contribution < -0.4 is 10.6 Å². The second kappa shape index (κ2) is 7.92. The van der Waals surface area contributed by atoms with Crippen molar-refractivity contribution < 1.29 is 9.59 Å². The molecule has 0 aliphatic heterocycles. The first-order chi connectivity index (χ1) is 11.8.